The Morgan fingerprint density at radius 1 is 1.03 bits per heavy atom. The van der Waals surface area contributed by atoms with E-state index in [-0.39, 0.29) is 17.9 Å². The Morgan fingerprint density at radius 2 is 1.71 bits per heavy atom. The maximum atomic E-state index is 13.4. The lowest BCUT2D eigenvalue weighted by molar-refractivity contribution is -0.146. The number of aromatic nitrogens is 1. The number of likely N-dealkylation sites (N-methyl/N-ethyl adjacent to an activating group) is 1. The van der Waals surface area contributed by atoms with Gasteiger partial charge in [0.25, 0.3) is 5.78 Å². The molecule has 1 saturated heterocycles. The van der Waals surface area contributed by atoms with Gasteiger partial charge in [0.15, 0.2) is 5.43 Å². The highest BCUT2D eigenvalue weighted by Gasteiger charge is 2.19. The van der Waals surface area contributed by atoms with E-state index in [4.69, 9.17) is 5.11 Å². The number of aliphatic hydroxyl groups is 1. The molecule has 0 unspecified atom stereocenters. The number of carbonyl (C=O) groups excluding carboxylic acids is 1. The number of carboxylic acids is 1. The molecule has 0 amide bonds. The first-order chi connectivity index (χ1) is 16.8. The molecule has 182 valence electrons. The van der Waals surface area contributed by atoms with Gasteiger partial charge in [0, 0.05) is 56.1 Å². The molecule has 8 nitrogen and oxygen atoms in total. The van der Waals surface area contributed by atoms with E-state index in [2.05, 4.69) is 16.7 Å². The van der Waals surface area contributed by atoms with Gasteiger partial charge >= 0.3 is 5.97 Å². The number of rotatable bonds is 7. The Kier molecular flexibility index (Phi) is 6.97. The molecule has 0 radical (unpaired) electrons. The van der Waals surface area contributed by atoms with Gasteiger partial charge in [0.05, 0.1) is 11.1 Å². The van der Waals surface area contributed by atoms with Crippen molar-refractivity contribution >= 4 is 34.1 Å². The lowest BCUT2D eigenvalue weighted by atomic mass is 10.1. The molecule has 1 aliphatic rings. The van der Waals surface area contributed by atoms with Crippen molar-refractivity contribution in [2.75, 3.05) is 37.6 Å². The molecule has 4 rings (SSSR count). The molecule has 2 heterocycles. The van der Waals surface area contributed by atoms with Crippen LogP contribution in [-0.4, -0.2) is 64.2 Å². The number of benzene rings is 2. The number of anilines is 1. The maximum absolute atomic E-state index is 13.4. The fourth-order valence-corrected chi connectivity index (χ4v) is 4.26. The molecule has 0 bridgehead atoms. The number of piperazine rings is 1. The summed E-state index contributed by atoms with van der Waals surface area (Å²) in [5, 5.41) is 19.6. The number of ketones is 1. The van der Waals surface area contributed by atoms with Crippen molar-refractivity contribution in [3.63, 3.8) is 0 Å². The zero-order chi connectivity index (χ0) is 25.1. The molecule has 3 aromatic rings. The first-order valence-electron chi connectivity index (χ1n) is 11.3. The number of nitrogens with zero attached hydrogens (tertiary/aromatic N) is 3. The summed E-state index contributed by atoms with van der Waals surface area (Å²) in [6, 6.07) is 11.4. The second kappa shape index (κ2) is 10.1. The summed E-state index contributed by atoms with van der Waals surface area (Å²) in [5.41, 5.74) is 1.60. The Hall–Kier alpha value is -3.98. The number of hydrogen-bond acceptors (Lipinski definition) is 6. The summed E-state index contributed by atoms with van der Waals surface area (Å²) in [4.78, 5) is 40.3. The van der Waals surface area contributed by atoms with Gasteiger partial charge in [-0.05, 0) is 42.4 Å². The standard InChI is InChI=1S/C26H26FN3O5/c1-2-28-9-11-29(12-10-28)19-7-8-20-22(13-19)30(15-17-3-5-18(27)6-4-17)16-21(25(20)33)23(31)14-24(32)26(34)35/h3-8,13-14,16,31H,2,9-12,15H2,1H3,(H,34,35). The third-order valence-corrected chi connectivity index (χ3v) is 6.27. The maximum Gasteiger partial charge on any atom is 0.376 e. The van der Waals surface area contributed by atoms with Gasteiger partial charge in [0.2, 0.25) is 0 Å². The molecule has 2 N–H and O–H groups in total. The van der Waals surface area contributed by atoms with Crippen molar-refractivity contribution in [1.29, 1.82) is 0 Å². The highest BCUT2D eigenvalue weighted by atomic mass is 19.1. The third kappa shape index (κ3) is 5.25. The molecule has 0 aliphatic carbocycles. The highest BCUT2D eigenvalue weighted by molar-refractivity contribution is 6.38. The quantitative estimate of drug-likeness (QED) is 0.305. The number of carboxylic acid groups (broad SMARTS) is 1. The summed E-state index contributed by atoms with van der Waals surface area (Å²) in [7, 11) is 0. The van der Waals surface area contributed by atoms with Gasteiger partial charge in [-0.1, -0.05) is 19.1 Å². The van der Waals surface area contributed by atoms with Crippen LogP contribution in [0.15, 0.2) is 59.5 Å². The van der Waals surface area contributed by atoms with Gasteiger partial charge in [-0.25, -0.2) is 9.18 Å². The van der Waals surface area contributed by atoms with Crippen molar-refractivity contribution in [2.45, 2.75) is 13.5 Å². The average molecular weight is 480 g/mol. The zero-order valence-electron chi connectivity index (χ0n) is 19.3. The SMILES string of the molecule is CCN1CCN(c2ccc3c(=O)c(C(O)=CC(=O)C(=O)O)cn(Cc4ccc(F)cc4)c3c2)CC1. The number of hydrogen-bond donors (Lipinski definition) is 2. The van der Waals surface area contributed by atoms with Crippen LogP contribution in [0, 0.1) is 5.82 Å². The largest absolute Gasteiger partial charge is 0.507 e. The summed E-state index contributed by atoms with van der Waals surface area (Å²) < 4.78 is 15.2. The lowest BCUT2D eigenvalue weighted by Crippen LogP contribution is -2.46. The van der Waals surface area contributed by atoms with Crippen LogP contribution in [0.25, 0.3) is 16.7 Å². The molecular formula is C26H26FN3O5. The van der Waals surface area contributed by atoms with Crippen molar-refractivity contribution < 1.29 is 24.2 Å². The van der Waals surface area contributed by atoms with E-state index < -0.39 is 22.9 Å². The van der Waals surface area contributed by atoms with Crippen molar-refractivity contribution in [3.05, 3.63) is 81.9 Å². The fourth-order valence-electron chi connectivity index (χ4n) is 4.26. The van der Waals surface area contributed by atoms with Gasteiger partial charge in [-0.2, -0.15) is 0 Å². The zero-order valence-corrected chi connectivity index (χ0v) is 19.3. The van der Waals surface area contributed by atoms with Crippen LogP contribution >= 0.6 is 0 Å². The van der Waals surface area contributed by atoms with Crippen LogP contribution in [0.4, 0.5) is 10.1 Å². The van der Waals surface area contributed by atoms with E-state index >= 15 is 0 Å². The van der Waals surface area contributed by atoms with E-state index in [0.717, 1.165) is 44.0 Å². The minimum atomic E-state index is -1.74. The Morgan fingerprint density at radius 3 is 2.34 bits per heavy atom. The number of aliphatic hydroxyl groups excluding tert-OH is 1. The summed E-state index contributed by atoms with van der Waals surface area (Å²) in [5.74, 6) is -4.18. The summed E-state index contributed by atoms with van der Waals surface area (Å²) >= 11 is 0. The van der Waals surface area contributed by atoms with E-state index in [1.165, 1.54) is 18.3 Å². The molecular weight excluding hydrogens is 453 g/mol. The third-order valence-electron chi connectivity index (χ3n) is 6.27. The Labute approximate surface area is 201 Å². The van der Waals surface area contributed by atoms with Crippen molar-refractivity contribution in [3.8, 4) is 0 Å². The monoisotopic (exact) mass is 479 g/mol. The van der Waals surface area contributed by atoms with Gasteiger partial charge in [-0.3, -0.25) is 9.59 Å². The lowest BCUT2D eigenvalue weighted by Gasteiger charge is -2.35. The van der Waals surface area contributed by atoms with Crippen LogP contribution < -0.4 is 10.3 Å². The Balaban J connectivity index is 1.82. The van der Waals surface area contributed by atoms with E-state index in [1.54, 1.807) is 22.8 Å². The van der Waals surface area contributed by atoms with Crippen LogP contribution in [0.2, 0.25) is 0 Å². The minimum absolute atomic E-state index is 0.196. The van der Waals surface area contributed by atoms with Gasteiger partial charge < -0.3 is 24.6 Å². The predicted molar refractivity (Wildman–Crippen MR) is 131 cm³/mol. The molecule has 0 saturated carbocycles. The van der Waals surface area contributed by atoms with Gasteiger partial charge in [-0.15, -0.1) is 0 Å². The van der Waals surface area contributed by atoms with Crippen LogP contribution in [0.5, 0.6) is 0 Å². The number of halogens is 1. The topological polar surface area (TPSA) is 103 Å². The van der Waals surface area contributed by atoms with Gasteiger partial charge in [0.1, 0.15) is 11.6 Å². The Bertz CT molecular complexity index is 1360. The number of pyridine rings is 1. The first-order valence-corrected chi connectivity index (χ1v) is 11.3. The molecule has 1 aliphatic heterocycles. The molecule has 1 aromatic heterocycles. The van der Waals surface area contributed by atoms with Crippen LogP contribution in [0.3, 0.4) is 0 Å². The fraction of sp³-hybridized carbons (Fsp3) is 0.269. The second-order valence-corrected chi connectivity index (χ2v) is 8.45. The molecule has 1 fully saturated rings. The molecule has 0 spiro atoms. The van der Waals surface area contributed by atoms with E-state index in [0.29, 0.717) is 17.0 Å². The molecule has 35 heavy (non-hydrogen) atoms. The minimum Gasteiger partial charge on any atom is -0.507 e. The number of carbonyl (C=O) groups is 2. The predicted octanol–water partition coefficient (Wildman–Crippen LogP) is 2.88. The van der Waals surface area contributed by atoms with Crippen LogP contribution in [-0.2, 0) is 16.1 Å². The first kappa shape index (κ1) is 24.2. The van der Waals surface area contributed by atoms with Crippen molar-refractivity contribution in [2.24, 2.45) is 0 Å². The highest BCUT2D eigenvalue weighted by Crippen LogP contribution is 2.24. The average Bonchev–Trinajstić information content (AvgIpc) is 2.86. The van der Waals surface area contributed by atoms with Crippen LogP contribution in [0.1, 0.15) is 18.1 Å². The summed E-state index contributed by atoms with van der Waals surface area (Å²) in [6.07, 6.45) is 1.92. The molecule has 2 aromatic carbocycles. The normalized spacial score (nSPS) is 14.9. The van der Waals surface area contributed by atoms with E-state index in [1.807, 2.05) is 12.1 Å². The van der Waals surface area contributed by atoms with E-state index in [9.17, 15) is 23.9 Å². The summed E-state index contributed by atoms with van der Waals surface area (Å²) in [6.45, 7) is 6.95. The smallest absolute Gasteiger partial charge is 0.376 e. The second-order valence-electron chi connectivity index (χ2n) is 8.45. The molecule has 0 atom stereocenters. The number of aliphatic carboxylic acids is 1. The number of fused-ring (bicyclic) bond motifs is 1. The molecule has 9 heteroatoms. The van der Waals surface area contributed by atoms with Crippen molar-refractivity contribution in [1.82, 2.24) is 9.47 Å².